The fourth-order valence-corrected chi connectivity index (χ4v) is 2.18. The van der Waals surface area contributed by atoms with Crippen molar-refractivity contribution in [3.8, 4) is 17.0 Å². The number of nitrogens with one attached hydrogen (secondary N) is 2. The largest absolute Gasteiger partial charge is 0.497 e. The number of hydrogen-bond acceptors (Lipinski definition) is 5. The Hall–Kier alpha value is -3.22. The van der Waals surface area contributed by atoms with Crippen LogP contribution in [0.3, 0.4) is 0 Å². The molecule has 0 aliphatic heterocycles. The Morgan fingerprint density at radius 1 is 1.12 bits per heavy atom. The van der Waals surface area contributed by atoms with Crippen molar-refractivity contribution in [1.29, 1.82) is 0 Å². The van der Waals surface area contributed by atoms with Gasteiger partial charge in [0.05, 0.1) is 7.11 Å². The molecule has 0 radical (unpaired) electrons. The van der Waals surface area contributed by atoms with Crippen LogP contribution in [-0.4, -0.2) is 22.3 Å². The number of ether oxygens (including phenoxy) is 1. The van der Waals surface area contributed by atoms with E-state index in [1.165, 1.54) is 6.07 Å². The van der Waals surface area contributed by atoms with E-state index in [1.54, 1.807) is 49.6 Å². The van der Waals surface area contributed by atoms with E-state index in [9.17, 15) is 9.18 Å². The monoisotopic (exact) mass is 326 g/mol. The number of anilines is 1. The minimum Gasteiger partial charge on any atom is -0.497 e. The van der Waals surface area contributed by atoms with E-state index in [1.807, 2.05) is 0 Å². The molecule has 0 amide bonds. The summed E-state index contributed by atoms with van der Waals surface area (Å²) in [4.78, 5) is 14.8. The molecule has 0 aliphatic carbocycles. The Labute approximate surface area is 137 Å². The van der Waals surface area contributed by atoms with Crippen LogP contribution in [0.4, 0.5) is 10.3 Å². The number of H-pyrrole nitrogens is 1. The molecule has 0 bridgehead atoms. The van der Waals surface area contributed by atoms with Gasteiger partial charge in [-0.25, -0.2) is 4.39 Å². The van der Waals surface area contributed by atoms with Crippen LogP contribution in [0.25, 0.3) is 11.3 Å². The number of nitrogens with zero attached hydrogens (tertiary/aromatic N) is 2. The second-order valence-electron chi connectivity index (χ2n) is 5.02. The third-order valence-corrected chi connectivity index (χ3v) is 3.46. The predicted octanol–water partition coefficient (Wildman–Crippen LogP) is 2.59. The maximum atomic E-state index is 13.6. The number of methoxy groups -OCH3 is 1. The zero-order valence-corrected chi connectivity index (χ0v) is 12.9. The van der Waals surface area contributed by atoms with Gasteiger partial charge < -0.3 is 10.1 Å². The van der Waals surface area contributed by atoms with Crippen molar-refractivity contribution in [2.45, 2.75) is 6.54 Å². The van der Waals surface area contributed by atoms with Crippen molar-refractivity contribution in [2.75, 3.05) is 12.4 Å². The summed E-state index contributed by atoms with van der Waals surface area (Å²) in [5.41, 5.74) is 0.921. The molecule has 122 valence electrons. The summed E-state index contributed by atoms with van der Waals surface area (Å²) in [5, 5.41) is 10.7. The van der Waals surface area contributed by atoms with Crippen LogP contribution in [-0.2, 0) is 6.54 Å². The van der Waals surface area contributed by atoms with Crippen LogP contribution < -0.4 is 15.6 Å². The highest BCUT2D eigenvalue weighted by Crippen LogP contribution is 2.17. The molecule has 3 aromatic rings. The van der Waals surface area contributed by atoms with Gasteiger partial charge in [-0.2, -0.15) is 0 Å². The first-order valence-corrected chi connectivity index (χ1v) is 7.26. The third kappa shape index (κ3) is 3.40. The summed E-state index contributed by atoms with van der Waals surface area (Å²) in [7, 11) is 1.57. The molecule has 0 unspecified atom stereocenters. The van der Waals surface area contributed by atoms with Gasteiger partial charge in [-0.1, -0.05) is 18.2 Å². The highest BCUT2D eigenvalue weighted by molar-refractivity contribution is 5.58. The third-order valence-electron chi connectivity index (χ3n) is 3.46. The second kappa shape index (κ2) is 6.91. The molecule has 3 rings (SSSR count). The SMILES string of the molecule is COc1ccc(-c2nnc(NCc3ccccc3F)[nH]c2=O)cc1. The van der Waals surface area contributed by atoms with Gasteiger partial charge in [0, 0.05) is 17.7 Å². The number of aromatic amines is 1. The molecule has 0 saturated carbocycles. The normalized spacial score (nSPS) is 10.4. The first-order chi connectivity index (χ1) is 11.7. The number of benzene rings is 2. The summed E-state index contributed by atoms with van der Waals surface area (Å²) >= 11 is 0. The number of halogens is 1. The first-order valence-electron chi connectivity index (χ1n) is 7.26. The minimum atomic E-state index is -0.383. The molecule has 2 aromatic carbocycles. The van der Waals surface area contributed by atoms with Gasteiger partial charge in [-0.3, -0.25) is 9.78 Å². The summed E-state index contributed by atoms with van der Waals surface area (Å²) in [6, 6.07) is 13.3. The van der Waals surface area contributed by atoms with Crippen LogP contribution >= 0.6 is 0 Å². The van der Waals surface area contributed by atoms with Crippen molar-refractivity contribution in [3.05, 3.63) is 70.3 Å². The van der Waals surface area contributed by atoms with Gasteiger partial charge in [-0.05, 0) is 30.3 Å². The van der Waals surface area contributed by atoms with Gasteiger partial charge in [0.1, 0.15) is 11.6 Å². The molecule has 6 nitrogen and oxygen atoms in total. The molecular weight excluding hydrogens is 311 g/mol. The van der Waals surface area contributed by atoms with Gasteiger partial charge in [-0.15, -0.1) is 10.2 Å². The summed E-state index contributed by atoms with van der Waals surface area (Å²) in [6.07, 6.45) is 0. The zero-order valence-electron chi connectivity index (χ0n) is 12.9. The number of hydrogen-bond donors (Lipinski definition) is 2. The van der Waals surface area contributed by atoms with Crippen LogP contribution in [0.5, 0.6) is 5.75 Å². The number of aromatic nitrogens is 3. The topological polar surface area (TPSA) is 79.9 Å². The molecule has 0 atom stereocenters. The Bertz CT molecular complexity index is 894. The first kappa shape index (κ1) is 15.7. The van der Waals surface area contributed by atoms with E-state index in [0.29, 0.717) is 16.9 Å². The molecule has 24 heavy (non-hydrogen) atoms. The van der Waals surface area contributed by atoms with Crippen molar-refractivity contribution < 1.29 is 9.13 Å². The van der Waals surface area contributed by atoms with Crippen molar-refractivity contribution in [3.63, 3.8) is 0 Å². The average Bonchev–Trinajstić information content (AvgIpc) is 2.61. The molecule has 2 N–H and O–H groups in total. The van der Waals surface area contributed by atoms with Crippen molar-refractivity contribution >= 4 is 5.95 Å². The van der Waals surface area contributed by atoms with Gasteiger partial charge in [0.2, 0.25) is 5.95 Å². The predicted molar refractivity (Wildman–Crippen MR) is 88.4 cm³/mol. The molecule has 1 heterocycles. The van der Waals surface area contributed by atoms with Gasteiger partial charge in [0.25, 0.3) is 5.56 Å². The van der Waals surface area contributed by atoms with E-state index < -0.39 is 0 Å². The molecule has 0 fully saturated rings. The lowest BCUT2D eigenvalue weighted by atomic mass is 10.1. The summed E-state index contributed by atoms with van der Waals surface area (Å²) in [6.45, 7) is 0.194. The quantitative estimate of drug-likeness (QED) is 0.753. The smallest absolute Gasteiger partial charge is 0.279 e. The standard InChI is InChI=1S/C17H15FN4O2/c1-24-13-8-6-11(7-9-13)15-16(23)20-17(22-21-15)19-10-12-4-2-3-5-14(12)18/h2-9H,10H2,1H3,(H2,19,20,22,23). The molecule has 1 aromatic heterocycles. The molecule has 0 aliphatic rings. The number of rotatable bonds is 5. The Balaban J connectivity index is 1.77. The molecule has 7 heteroatoms. The van der Waals surface area contributed by atoms with Gasteiger partial charge in [0.15, 0.2) is 5.69 Å². The second-order valence-corrected chi connectivity index (χ2v) is 5.02. The fourth-order valence-electron chi connectivity index (χ4n) is 2.18. The Kier molecular flexibility index (Phi) is 4.51. The van der Waals surface area contributed by atoms with Crippen molar-refractivity contribution in [2.24, 2.45) is 0 Å². The average molecular weight is 326 g/mol. The van der Waals surface area contributed by atoms with E-state index in [4.69, 9.17) is 4.74 Å². The van der Waals surface area contributed by atoms with E-state index in [0.717, 1.165) is 0 Å². The van der Waals surface area contributed by atoms with E-state index in [-0.39, 0.29) is 29.6 Å². The Morgan fingerprint density at radius 3 is 2.54 bits per heavy atom. The maximum Gasteiger partial charge on any atom is 0.279 e. The summed E-state index contributed by atoms with van der Waals surface area (Å²) in [5.74, 6) is 0.544. The molecule has 0 saturated heterocycles. The molecule has 0 spiro atoms. The van der Waals surface area contributed by atoms with Crippen LogP contribution in [0, 0.1) is 5.82 Å². The molecular formula is C17H15FN4O2. The zero-order chi connectivity index (χ0) is 16.9. The maximum absolute atomic E-state index is 13.6. The van der Waals surface area contributed by atoms with E-state index >= 15 is 0 Å². The lowest BCUT2D eigenvalue weighted by Crippen LogP contribution is -2.17. The highest BCUT2D eigenvalue weighted by Gasteiger charge is 2.08. The highest BCUT2D eigenvalue weighted by atomic mass is 19.1. The van der Waals surface area contributed by atoms with Crippen LogP contribution in [0.2, 0.25) is 0 Å². The minimum absolute atomic E-state index is 0.181. The van der Waals surface area contributed by atoms with Crippen LogP contribution in [0.1, 0.15) is 5.56 Å². The Morgan fingerprint density at radius 2 is 1.88 bits per heavy atom. The van der Waals surface area contributed by atoms with E-state index in [2.05, 4.69) is 20.5 Å². The lowest BCUT2D eigenvalue weighted by molar-refractivity contribution is 0.415. The van der Waals surface area contributed by atoms with Crippen LogP contribution in [0.15, 0.2) is 53.3 Å². The van der Waals surface area contributed by atoms with Crippen molar-refractivity contribution in [1.82, 2.24) is 15.2 Å². The lowest BCUT2D eigenvalue weighted by Gasteiger charge is -2.07. The van der Waals surface area contributed by atoms with Gasteiger partial charge >= 0.3 is 0 Å². The summed E-state index contributed by atoms with van der Waals surface area (Å²) < 4.78 is 18.6. The fraction of sp³-hybridized carbons (Fsp3) is 0.118.